The molecular formula is C17H19N3O. The summed E-state index contributed by atoms with van der Waals surface area (Å²) < 4.78 is 5.74. The molecule has 1 atom stereocenters. The Morgan fingerprint density at radius 3 is 2.43 bits per heavy atom. The van der Waals surface area contributed by atoms with Crippen LogP contribution >= 0.6 is 0 Å². The second kappa shape index (κ2) is 5.28. The van der Waals surface area contributed by atoms with E-state index in [1.807, 2.05) is 24.3 Å². The standard InChI is InChI=1S/C17H19N3O/c1-17(2,3)15-11-21-16(20-15)14-10-13(6-9-19-14)12-4-7-18-8-5-12/h4-10,15H,11H2,1-3H3. The van der Waals surface area contributed by atoms with Crippen molar-refractivity contribution < 1.29 is 4.74 Å². The van der Waals surface area contributed by atoms with Gasteiger partial charge in [0.1, 0.15) is 12.3 Å². The highest BCUT2D eigenvalue weighted by Crippen LogP contribution is 2.27. The van der Waals surface area contributed by atoms with Crippen LogP contribution in [0.2, 0.25) is 0 Å². The topological polar surface area (TPSA) is 47.4 Å². The summed E-state index contributed by atoms with van der Waals surface area (Å²) in [4.78, 5) is 13.1. The lowest BCUT2D eigenvalue weighted by atomic mass is 9.88. The first-order chi connectivity index (χ1) is 10.0. The molecule has 21 heavy (non-hydrogen) atoms. The van der Waals surface area contributed by atoms with Crippen LogP contribution in [0.3, 0.4) is 0 Å². The molecule has 0 bridgehead atoms. The van der Waals surface area contributed by atoms with Crippen LogP contribution < -0.4 is 0 Å². The average molecular weight is 281 g/mol. The summed E-state index contributed by atoms with van der Waals surface area (Å²) in [6, 6.07) is 8.14. The molecule has 4 nitrogen and oxygen atoms in total. The highest BCUT2D eigenvalue weighted by molar-refractivity contribution is 5.94. The molecule has 2 aromatic rings. The van der Waals surface area contributed by atoms with Crippen LogP contribution in [0.15, 0.2) is 47.8 Å². The van der Waals surface area contributed by atoms with Crippen molar-refractivity contribution >= 4 is 5.90 Å². The van der Waals surface area contributed by atoms with E-state index in [0.717, 1.165) is 16.8 Å². The van der Waals surface area contributed by atoms with Crippen LogP contribution in [-0.2, 0) is 4.74 Å². The van der Waals surface area contributed by atoms with Crippen molar-refractivity contribution in [3.8, 4) is 11.1 Å². The lowest BCUT2D eigenvalue weighted by molar-refractivity contribution is 0.235. The van der Waals surface area contributed by atoms with E-state index in [4.69, 9.17) is 4.74 Å². The van der Waals surface area contributed by atoms with Crippen molar-refractivity contribution in [3.63, 3.8) is 0 Å². The minimum absolute atomic E-state index is 0.102. The van der Waals surface area contributed by atoms with Gasteiger partial charge in [-0.3, -0.25) is 9.97 Å². The van der Waals surface area contributed by atoms with Crippen molar-refractivity contribution in [1.29, 1.82) is 0 Å². The number of aromatic nitrogens is 2. The molecule has 1 aliphatic heterocycles. The second-order valence-electron chi connectivity index (χ2n) is 6.29. The quantitative estimate of drug-likeness (QED) is 0.848. The molecular weight excluding hydrogens is 262 g/mol. The Morgan fingerprint density at radius 2 is 1.76 bits per heavy atom. The molecule has 0 spiro atoms. The summed E-state index contributed by atoms with van der Waals surface area (Å²) in [7, 11) is 0. The maximum Gasteiger partial charge on any atom is 0.235 e. The van der Waals surface area contributed by atoms with Gasteiger partial charge < -0.3 is 4.74 Å². The molecule has 0 amide bonds. The highest BCUT2D eigenvalue weighted by Gasteiger charge is 2.31. The molecule has 0 N–H and O–H groups in total. The Kier molecular flexibility index (Phi) is 3.45. The molecule has 3 rings (SSSR count). The average Bonchev–Trinajstić information content (AvgIpc) is 2.98. The third-order valence-corrected chi connectivity index (χ3v) is 3.64. The van der Waals surface area contributed by atoms with Crippen LogP contribution in [0.1, 0.15) is 26.5 Å². The maximum atomic E-state index is 5.74. The SMILES string of the molecule is CC(C)(C)C1COC(c2cc(-c3ccncc3)ccn2)=N1. The molecule has 0 aromatic carbocycles. The van der Waals surface area contributed by atoms with Crippen molar-refractivity contribution in [2.24, 2.45) is 10.4 Å². The predicted octanol–water partition coefficient (Wildman–Crippen LogP) is 3.34. The number of nitrogens with zero attached hydrogens (tertiary/aromatic N) is 3. The van der Waals surface area contributed by atoms with E-state index in [-0.39, 0.29) is 11.5 Å². The van der Waals surface area contributed by atoms with Crippen LogP contribution in [0.5, 0.6) is 0 Å². The first-order valence-electron chi connectivity index (χ1n) is 7.11. The first-order valence-corrected chi connectivity index (χ1v) is 7.11. The van der Waals surface area contributed by atoms with Gasteiger partial charge in [0.05, 0.1) is 6.04 Å². The minimum atomic E-state index is 0.102. The van der Waals surface area contributed by atoms with Gasteiger partial charge in [0.25, 0.3) is 0 Å². The molecule has 0 saturated carbocycles. The van der Waals surface area contributed by atoms with E-state index in [9.17, 15) is 0 Å². The van der Waals surface area contributed by atoms with Crippen LogP contribution in [-0.4, -0.2) is 28.5 Å². The lowest BCUT2D eigenvalue weighted by Crippen LogP contribution is -2.25. The normalized spacial score (nSPS) is 18.2. The summed E-state index contributed by atoms with van der Waals surface area (Å²) in [5.41, 5.74) is 3.09. The number of pyridine rings is 2. The number of rotatable bonds is 2. The maximum absolute atomic E-state index is 5.74. The number of ether oxygens (including phenoxy) is 1. The van der Waals surface area contributed by atoms with Gasteiger partial charge in [0.15, 0.2) is 0 Å². The van der Waals surface area contributed by atoms with Crippen LogP contribution in [0, 0.1) is 5.41 Å². The Bertz CT molecular complexity index is 659. The summed E-state index contributed by atoms with van der Waals surface area (Å²) in [6.07, 6.45) is 5.37. The zero-order valence-corrected chi connectivity index (χ0v) is 12.6. The van der Waals surface area contributed by atoms with E-state index in [1.165, 1.54) is 0 Å². The lowest BCUT2D eigenvalue weighted by Gasteiger charge is -2.21. The van der Waals surface area contributed by atoms with Crippen molar-refractivity contribution in [1.82, 2.24) is 9.97 Å². The number of hydrogen-bond acceptors (Lipinski definition) is 4. The van der Waals surface area contributed by atoms with Crippen molar-refractivity contribution in [2.45, 2.75) is 26.8 Å². The largest absolute Gasteiger partial charge is 0.474 e. The zero-order chi connectivity index (χ0) is 14.9. The van der Waals surface area contributed by atoms with Gasteiger partial charge in [-0.2, -0.15) is 0 Å². The molecule has 3 heterocycles. The van der Waals surface area contributed by atoms with Gasteiger partial charge in [-0.05, 0) is 40.8 Å². The fourth-order valence-corrected chi connectivity index (χ4v) is 2.23. The fraction of sp³-hybridized carbons (Fsp3) is 0.353. The van der Waals surface area contributed by atoms with Crippen molar-refractivity contribution in [3.05, 3.63) is 48.5 Å². The molecule has 4 heteroatoms. The summed E-state index contributed by atoms with van der Waals surface area (Å²) >= 11 is 0. The van der Waals surface area contributed by atoms with Crippen LogP contribution in [0.4, 0.5) is 0 Å². The van der Waals surface area contributed by atoms with Gasteiger partial charge in [0.2, 0.25) is 5.90 Å². The van der Waals surface area contributed by atoms with E-state index in [0.29, 0.717) is 12.5 Å². The Labute approximate surface area is 124 Å². The predicted molar refractivity (Wildman–Crippen MR) is 83.2 cm³/mol. The molecule has 108 valence electrons. The monoisotopic (exact) mass is 281 g/mol. The summed E-state index contributed by atoms with van der Waals surface area (Å²) in [5.74, 6) is 0.644. The minimum Gasteiger partial charge on any atom is -0.474 e. The Hall–Kier alpha value is -2.23. The van der Waals surface area contributed by atoms with E-state index < -0.39 is 0 Å². The van der Waals surface area contributed by atoms with Gasteiger partial charge in [-0.1, -0.05) is 20.8 Å². The zero-order valence-electron chi connectivity index (χ0n) is 12.6. The van der Waals surface area contributed by atoms with Gasteiger partial charge in [-0.25, -0.2) is 4.99 Å². The Balaban J connectivity index is 1.91. The Morgan fingerprint density at radius 1 is 1.05 bits per heavy atom. The molecule has 0 fully saturated rings. The number of aliphatic imine (C=N–C) groups is 1. The summed E-state index contributed by atoms with van der Waals surface area (Å²) in [6.45, 7) is 7.15. The third kappa shape index (κ3) is 2.94. The third-order valence-electron chi connectivity index (χ3n) is 3.64. The molecule has 1 aliphatic rings. The molecule has 1 unspecified atom stereocenters. The van der Waals surface area contributed by atoms with E-state index >= 15 is 0 Å². The van der Waals surface area contributed by atoms with Crippen molar-refractivity contribution in [2.75, 3.05) is 6.61 Å². The molecule has 0 aliphatic carbocycles. The van der Waals surface area contributed by atoms with E-state index in [1.54, 1.807) is 18.6 Å². The second-order valence-corrected chi connectivity index (χ2v) is 6.29. The van der Waals surface area contributed by atoms with Gasteiger partial charge >= 0.3 is 0 Å². The molecule has 0 saturated heterocycles. The van der Waals surface area contributed by atoms with Gasteiger partial charge in [-0.15, -0.1) is 0 Å². The smallest absolute Gasteiger partial charge is 0.235 e. The summed E-state index contributed by atoms with van der Waals surface area (Å²) in [5, 5.41) is 0. The van der Waals surface area contributed by atoms with E-state index in [2.05, 4.69) is 35.7 Å². The number of hydrogen-bond donors (Lipinski definition) is 0. The fourth-order valence-electron chi connectivity index (χ4n) is 2.23. The molecule has 2 aromatic heterocycles. The first kappa shape index (κ1) is 13.7. The van der Waals surface area contributed by atoms with Gasteiger partial charge in [0, 0.05) is 18.6 Å². The van der Waals surface area contributed by atoms with Crippen LogP contribution in [0.25, 0.3) is 11.1 Å². The molecule has 0 radical (unpaired) electrons. The highest BCUT2D eigenvalue weighted by atomic mass is 16.5.